The highest BCUT2D eigenvalue weighted by Crippen LogP contribution is 2.36. The first kappa shape index (κ1) is 39.3. The molecule has 8 bridgehead atoms. The number of benzene rings is 2. The Balaban J connectivity index is 1.23. The molecule has 0 amide bonds. The van der Waals surface area contributed by atoms with Crippen LogP contribution in [0.4, 0.5) is 0 Å². The normalized spacial score (nSPS) is 12.1. The van der Waals surface area contributed by atoms with E-state index in [0.29, 0.717) is 73.9 Å². The molecule has 0 fully saturated rings. The summed E-state index contributed by atoms with van der Waals surface area (Å²) < 4.78 is 23.0. The summed E-state index contributed by atoms with van der Waals surface area (Å²) in [5.74, 6) is 1.51. The maximum atomic E-state index is 8.91. The SMILES string of the molecule is OCCCOCCCOc1ccc(-c2c3nc(c(Cl)c4ccc([nH]4)c(-c4ccc(OCCCOCCCO)cc4)c4nc(c(Cl)c5ccc2[nH]5)C=C4)C=C3)cc1. The molecule has 4 N–H and O–H groups in total. The second-order valence-corrected chi connectivity index (χ2v) is 14.0. The molecule has 0 aliphatic carbocycles. The lowest BCUT2D eigenvalue weighted by molar-refractivity contribution is 0.104. The third-order valence-electron chi connectivity index (χ3n) is 9.21. The molecule has 0 atom stereocenters. The summed E-state index contributed by atoms with van der Waals surface area (Å²) in [5.41, 5.74) is 9.48. The van der Waals surface area contributed by atoms with Gasteiger partial charge in [-0.05, 0) is 96.8 Å². The van der Waals surface area contributed by atoms with Crippen LogP contribution in [0.1, 0.15) is 48.5 Å². The quantitative estimate of drug-likeness (QED) is 0.0631. The van der Waals surface area contributed by atoms with Crippen molar-refractivity contribution in [3.63, 3.8) is 0 Å². The maximum Gasteiger partial charge on any atom is 0.119 e. The molecule has 10 nitrogen and oxygen atoms in total. The zero-order valence-electron chi connectivity index (χ0n) is 30.9. The fourth-order valence-corrected chi connectivity index (χ4v) is 6.85. The van der Waals surface area contributed by atoms with Crippen molar-refractivity contribution in [2.45, 2.75) is 25.7 Å². The van der Waals surface area contributed by atoms with Crippen LogP contribution < -0.4 is 9.47 Å². The molecule has 5 aromatic rings. The van der Waals surface area contributed by atoms with Crippen molar-refractivity contribution in [1.82, 2.24) is 19.9 Å². The summed E-state index contributed by atoms with van der Waals surface area (Å²) in [6.07, 6.45) is 10.6. The highest BCUT2D eigenvalue weighted by Gasteiger charge is 2.17. The van der Waals surface area contributed by atoms with E-state index in [0.717, 1.165) is 80.0 Å². The number of halogens is 2. The van der Waals surface area contributed by atoms with E-state index in [1.54, 1.807) is 0 Å². The molecule has 0 saturated carbocycles. The van der Waals surface area contributed by atoms with Gasteiger partial charge in [-0.25, -0.2) is 9.97 Å². The summed E-state index contributed by atoms with van der Waals surface area (Å²) in [5, 5.41) is 18.8. The van der Waals surface area contributed by atoms with Crippen LogP contribution in [0.25, 0.3) is 68.6 Å². The number of aromatic amines is 2. The van der Waals surface area contributed by atoms with Gasteiger partial charge in [0.1, 0.15) is 11.5 Å². The van der Waals surface area contributed by atoms with Crippen LogP contribution in [0.5, 0.6) is 11.5 Å². The zero-order chi connectivity index (χ0) is 38.7. The molecule has 5 heterocycles. The molecule has 56 heavy (non-hydrogen) atoms. The Morgan fingerprint density at radius 1 is 0.446 bits per heavy atom. The summed E-state index contributed by atoms with van der Waals surface area (Å²) in [4.78, 5) is 17.1. The van der Waals surface area contributed by atoms with Crippen molar-refractivity contribution in [1.29, 1.82) is 0 Å². The number of nitrogens with one attached hydrogen (secondary N) is 2. The highest BCUT2D eigenvalue weighted by molar-refractivity contribution is 6.36. The Bertz CT molecular complexity index is 2170. The molecule has 12 heteroatoms. The molecule has 0 unspecified atom stereocenters. The number of rotatable bonds is 18. The van der Waals surface area contributed by atoms with E-state index in [1.165, 1.54) is 0 Å². The number of ether oxygens (including phenoxy) is 4. The van der Waals surface area contributed by atoms with E-state index < -0.39 is 0 Å². The Labute approximate surface area is 335 Å². The number of aromatic nitrogens is 4. The number of fused-ring (bicyclic) bond motifs is 8. The van der Waals surface area contributed by atoms with E-state index in [9.17, 15) is 0 Å². The number of hydrogen-bond donors (Lipinski definition) is 4. The van der Waals surface area contributed by atoms with Gasteiger partial charge in [0.05, 0.1) is 57.1 Å². The van der Waals surface area contributed by atoms with Crippen LogP contribution in [-0.2, 0) is 9.47 Å². The lowest BCUT2D eigenvalue weighted by atomic mass is 10.0. The van der Waals surface area contributed by atoms with Gasteiger partial charge in [0.2, 0.25) is 0 Å². The average molecular weight is 796 g/mol. The molecular weight excluding hydrogens is 751 g/mol. The van der Waals surface area contributed by atoms with Gasteiger partial charge in [-0.15, -0.1) is 0 Å². The molecule has 0 radical (unpaired) electrons. The Morgan fingerprint density at radius 3 is 1.23 bits per heavy atom. The fourth-order valence-electron chi connectivity index (χ4n) is 6.42. The van der Waals surface area contributed by atoms with Crippen LogP contribution in [0.3, 0.4) is 0 Å². The number of aliphatic hydroxyl groups excluding tert-OH is 2. The van der Waals surface area contributed by atoms with Gasteiger partial charge in [0, 0.05) is 74.6 Å². The lowest BCUT2D eigenvalue weighted by Crippen LogP contribution is -2.04. The zero-order valence-corrected chi connectivity index (χ0v) is 32.4. The van der Waals surface area contributed by atoms with Crippen LogP contribution >= 0.6 is 23.2 Å². The number of aliphatic hydroxyl groups is 2. The first-order chi connectivity index (χ1) is 27.5. The molecule has 3 aromatic heterocycles. The minimum atomic E-state index is 0.129. The molecule has 7 rings (SSSR count). The molecule has 2 aliphatic rings. The molecule has 0 saturated heterocycles. The van der Waals surface area contributed by atoms with E-state index in [1.807, 2.05) is 97.1 Å². The third kappa shape index (κ3) is 9.53. The van der Waals surface area contributed by atoms with Crippen LogP contribution in [-0.4, -0.2) is 83.0 Å². The first-order valence-electron chi connectivity index (χ1n) is 18.8. The molecule has 290 valence electrons. The lowest BCUT2D eigenvalue weighted by Gasteiger charge is -2.09. The minimum absolute atomic E-state index is 0.129. The van der Waals surface area contributed by atoms with Crippen molar-refractivity contribution < 1.29 is 29.2 Å². The second kappa shape index (κ2) is 19.3. The summed E-state index contributed by atoms with van der Waals surface area (Å²) in [6, 6.07) is 23.8. The molecule has 2 aromatic carbocycles. The third-order valence-corrected chi connectivity index (χ3v) is 10.0. The van der Waals surface area contributed by atoms with Crippen molar-refractivity contribution in [2.75, 3.05) is 52.9 Å². The van der Waals surface area contributed by atoms with Crippen molar-refractivity contribution in [2.24, 2.45) is 0 Å². The molecule has 2 aliphatic heterocycles. The van der Waals surface area contributed by atoms with E-state index in [-0.39, 0.29) is 13.2 Å². The van der Waals surface area contributed by atoms with Gasteiger partial charge in [-0.1, -0.05) is 47.5 Å². The molecular formula is C44H44Cl2N4O6. The largest absolute Gasteiger partial charge is 0.494 e. The number of hydrogen-bond acceptors (Lipinski definition) is 8. The Kier molecular flexibility index (Phi) is 13.5. The van der Waals surface area contributed by atoms with Gasteiger partial charge in [-0.2, -0.15) is 0 Å². The predicted molar refractivity (Wildman–Crippen MR) is 225 cm³/mol. The van der Waals surface area contributed by atoms with E-state index >= 15 is 0 Å². The summed E-state index contributed by atoms with van der Waals surface area (Å²) in [7, 11) is 0. The Morgan fingerprint density at radius 2 is 0.821 bits per heavy atom. The van der Waals surface area contributed by atoms with Crippen molar-refractivity contribution >= 4 is 69.6 Å². The maximum absolute atomic E-state index is 8.91. The summed E-state index contributed by atoms with van der Waals surface area (Å²) in [6.45, 7) is 3.55. The standard InChI is InChI=1S/C44H44Cl2N4O6/c45-43-37-17-13-33(47-37)41(29-5-9-31(10-6-29)55-27-3-25-53-23-1-21-51)34-14-18-38(48-34)44(46)40-20-16-36(50-40)42(35-15-19-39(43)49-35)30-7-11-32(12-8-30)56-28-4-26-54-24-2-22-52/h5-20,47,50-52H,1-4,21-28H2. The minimum Gasteiger partial charge on any atom is -0.494 e. The smallest absolute Gasteiger partial charge is 0.119 e. The summed E-state index contributed by atoms with van der Waals surface area (Å²) >= 11 is 14.2. The number of H-pyrrole nitrogens is 2. The number of nitrogens with zero attached hydrogens (tertiary/aromatic N) is 2. The fraction of sp³-hybridized carbons (Fsp3) is 0.273. The van der Waals surface area contributed by atoms with E-state index in [2.05, 4.69) is 9.97 Å². The van der Waals surface area contributed by atoms with E-state index in [4.69, 9.17) is 62.3 Å². The topological polar surface area (TPSA) is 135 Å². The van der Waals surface area contributed by atoms with Gasteiger partial charge >= 0.3 is 0 Å². The monoisotopic (exact) mass is 794 g/mol. The van der Waals surface area contributed by atoms with Crippen LogP contribution in [0, 0.1) is 0 Å². The Hall–Kier alpha value is -4.94. The second-order valence-electron chi connectivity index (χ2n) is 13.2. The first-order valence-corrected chi connectivity index (χ1v) is 19.6. The van der Waals surface area contributed by atoms with Gasteiger partial charge in [0.25, 0.3) is 0 Å². The predicted octanol–water partition coefficient (Wildman–Crippen LogP) is 9.63. The van der Waals surface area contributed by atoms with Crippen LogP contribution in [0.2, 0.25) is 10.0 Å². The van der Waals surface area contributed by atoms with Gasteiger partial charge < -0.3 is 39.1 Å². The van der Waals surface area contributed by atoms with Crippen LogP contribution in [0.15, 0.2) is 72.8 Å². The highest BCUT2D eigenvalue weighted by atomic mass is 35.5. The van der Waals surface area contributed by atoms with Crippen molar-refractivity contribution in [3.8, 4) is 33.8 Å². The molecule has 0 spiro atoms. The average Bonchev–Trinajstić information content (AvgIpc) is 4.07. The van der Waals surface area contributed by atoms with Gasteiger partial charge in [-0.3, -0.25) is 0 Å². The van der Waals surface area contributed by atoms with Crippen molar-refractivity contribution in [3.05, 3.63) is 106 Å². The van der Waals surface area contributed by atoms with Gasteiger partial charge in [0.15, 0.2) is 0 Å².